The van der Waals surface area contributed by atoms with Crippen LogP contribution in [0.3, 0.4) is 0 Å². The van der Waals surface area contributed by atoms with Crippen molar-refractivity contribution >= 4 is 27.8 Å². The van der Waals surface area contributed by atoms with E-state index < -0.39 is 0 Å². The van der Waals surface area contributed by atoms with Gasteiger partial charge in [-0.05, 0) is 40.5 Å². The van der Waals surface area contributed by atoms with Crippen molar-refractivity contribution in [1.82, 2.24) is 15.0 Å². The molecule has 1 heterocycles. The van der Waals surface area contributed by atoms with Crippen LogP contribution in [-0.2, 0) is 0 Å². The summed E-state index contributed by atoms with van der Waals surface area (Å²) < 4.78 is 6.58. The Bertz CT molecular complexity index is 618. The van der Waals surface area contributed by atoms with Crippen molar-refractivity contribution < 1.29 is 4.74 Å². The van der Waals surface area contributed by atoms with Crippen LogP contribution < -0.4 is 15.0 Å². The molecule has 1 aromatic heterocycles. The fourth-order valence-electron chi connectivity index (χ4n) is 1.49. The molecule has 0 radical (unpaired) electrons. The van der Waals surface area contributed by atoms with Crippen LogP contribution in [0, 0.1) is 6.92 Å². The van der Waals surface area contributed by atoms with Crippen LogP contribution in [0.5, 0.6) is 11.8 Å². The van der Waals surface area contributed by atoms with Gasteiger partial charge in [0, 0.05) is 21.1 Å². The third kappa shape index (κ3) is 3.36. The number of nitrogens with zero attached hydrogens (tertiary/aromatic N) is 4. The highest BCUT2D eigenvalue weighted by atomic mass is 79.9. The van der Waals surface area contributed by atoms with Crippen LogP contribution in [0.4, 0.5) is 11.9 Å². The molecule has 0 saturated heterocycles. The van der Waals surface area contributed by atoms with Crippen molar-refractivity contribution in [2.45, 2.75) is 6.92 Å². The van der Waals surface area contributed by atoms with Crippen LogP contribution in [0.15, 0.2) is 22.7 Å². The standard InChI is InChI=1S/C13H16BrN5O/c1-8-5-6-10(9(14)7-8)20-13-17-11(15-2)16-12(18-13)19(3)4/h5-7H,1-4H3,(H,15,16,17,18). The third-order valence-corrected chi connectivity index (χ3v) is 3.14. The fourth-order valence-corrected chi connectivity index (χ4v) is 2.06. The maximum absolute atomic E-state index is 5.72. The Kier molecular flexibility index (Phi) is 4.39. The molecule has 2 rings (SSSR count). The molecule has 0 aliphatic heterocycles. The minimum atomic E-state index is 0.248. The summed E-state index contributed by atoms with van der Waals surface area (Å²) in [5, 5.41) is 2.89. The quantitative estimate of drug-likeness (QED) is 0.925. The zero-order valence-corrected chi connectivity index (χ0v) is 13.4. The van der Waals surface area contributed by atoms with Gasteiger partial charge in [-0.15, -0.1) is 0 Å². The molecular weight excluding hydrogens is 322 g/mol. The van der Waals surface area contributed by atoms with Crippen LogP contribution in [0.2, 0.25) is 0 Å². The van der Waals surface area contributed by atoms with Crippen LogP contribution in [-0.4, -0.2) is 36.1 Å². The maximum atomic E-state index is 5.72. The van der Waals surface area contributed by atoms with Crippen LogP contribution in [0.1, 0.15) is 5.56 Å². The fraction of sp³-hybridized carbons (Fsp3) is 0.308. The van der Waals surface area contributed by atoms with E-state index in [0.717, 1.165) is 10.0 Å². The van der Waals surface area contributed by atoms with Gasteiger partial charge in [0.25, 0.3) is 0 Å². The van der Waals surface area contributed by atoms with Crippen molar-refractivity contribution in [3.05, 3.63) is 28.2 Å². The van der Waals surface area contributed by atoms with Gasteiger partial charge >= 0.3 is 6.01 Å². The van der Waals surface area contributed by atoms with Crippen molar-refractivity contribution in [2.75, 3.05) is 31.4 Å². The lowest BCUT2D eigenvalue weighted by Gasteiger charge is -2.13. The number of ether oxygens (including phenoxy) is 1. The van der Waals surface area contributed by atoms with Gasteiger partial charge in [-0.3, -0.25) is 0 Å². The van der Waals surface area contributed by atoms with Crippen molar-refractivity contribution in [3.63, 3.8) is 0 Å². The second-order valence-corrected chi connectivity index (χ2v) is 5.28. The summed E-state index contributed by atoms with van der Waals surface area (Å²) in [6.07, 6.45) is 0. The molecule has 7 heteroatoms. The number of rotatable bonds is 4. The Hall–Kier alpha value is -1.89. The summed E-state index contributed by atoms with van der Waals surface area (Å²) in [6.45, 7) is 2.01. The molecule has 0 atom stereocenters. The summed E-state index contributed by atoms with van der Waals surface area (Å²) >= 11 is 3.47. The summed E-state index contributed by atoms with van der Waals surface area (Å²) in [4.78, 5) is 14.5. The zero-order chi connectivity index (χ0) is 14.7. The SMILES string of the molecule is CNc1nc(Oc2ccc(C)cc2Br)nc(N(C)C)n1. The molecule has 2 aromatic rings. The first kappa shape index (κ1) is 14.5. The van der Waals surface area contributed by atoms with E-state index in [1.165, 1.54) is 0 Å². The number of nitrogens with one attached hydrogen (secondary N) is 1. The highest BCUT2D eigenvalue weighted by Crippen LogP contribution is 2.29. The average molecular weight is 338 g/mol. The second-order valence-electron chi connectivity index (χ2n) is 4.42. The van der Waals surface area contributed by atoms with Gasteiger partial charge in [-0.1, -0.05) is 6.07 Å². The third-order valence-electron chi connectivity index (χ3n) is 2.52. The molecule has 0 aliphatic rings. The van der Waals surface area contributed by atoms with Crippen LogP contribution >= 0.6 is 15.9 Å². The van der Waals surface area contributed by atoms with Gasteiger partial charge in [-0.25, -0.2) is 0 Å². The summed E-state index contributed by atoms with van der Waals surface area (Å²) in [7, 11) is 5.47. The van der Waals surface area contributed by atoms with Gasteiger partial charge in [0.1, 0.15) is 5.75 Å². The smallest absolute Gasteiger partial charge is 0.328 e. The van der Waals surface area contributed by atoms with Crippen molar-refractivity contribution in [3.8, 4) is 11.8 Å². The Morgan fingerprint density at radius 1 is 1.20 bits per heavy atom. The van der Waals surface area contributed by atoms with E-state index in [0.29, 0.717) is 17.6 Å². The molecule has 0 unspecified atom stereocenters. The molecule has 0 amide bonds. The highest BCUT2D eigenvalue weighted by molar-refractivity contribution is 9.10. The normalized spacial score (nSPS) is 10.2. The molecule has 0 bridgehead atoms. The number of aryl methyl sites for hydroxylation is 1. The van der Waals surface area contributed by atoms with E-state index in [-0.39, 0.29) is 6.01 Å². The van der Waals surface area contributed by atoms with Gasteiger partial charge in [0.15, 0.2) is 0 Å². The Morgan fingerprint density at radius 2 is 1.95 bits per heavy atom. The molecule has 0 spiro atoms. The highest BCUT2D eigenvalue weighted by Gasteiger charge is 2.10. The Labute approximate surface area is 126 Å². The number of anilines is 2. The monoisotopic (exact) mass is 337 g/mol. The van der Waals surface area contributed by atoms with E-state index in [1.807, 2.05) is 39.2 Å². The molecule has 1 aromatic carbocycles. The predicted molar refractivity (Wildman–Crippen MR) is 82.7 cm³/mol. The largest absolute Gasteiger partial charge is 0.423 e. The lowest BCUT2D eigenvalue weighted by Crippen LogP contribution is -2.15. The molecule has 106 valence electrons. The minimum absolute atomic E-state index is 0.248. The van der Waals surface area contributed by atoms with E-state index in [1.54, 1.807) is 11.9 Å². The number of halogens is 1. The molecule has 1 N–H and O–H groups in total. The summed E-state index contributed by atoms with van der Waals surface area (Å²) in [5.74, 6) is 1.65. The number of aromatic nitrogens is 3. The Morgan fingerprint density at radius 3 is 2.55 bits per heavy atom. The first-order valence-electron chi connectivity index (χ1n) is 6.04. The van der Waals surface area contributed by atoms with E-state index in [9.17, 15) is 0 Å². The Balaban J connectivity index is 2.34. The number of benzene rings is 1. The average Bonchev–Trinajstić information content (AvgIpc) is 2.41. The zero-order valence-electron chi connectivity index (χ0n) is 11.8. The predicted octanol–water partition coefficient (Wildman–Crippen LogP) is 2.84. The van der Waals surface area contributed by atoms with Crippen molar-refractivity contribution in [1.29, 1.82) is 0 Å². The topological polar surface area (TPSA) is 63.2 Å². The first-order chi connectivity index (χ1) is 9.49. The molecule has 0 fully saturated rings. The lowest BCUT2D eigenvalue weighted by molar-refractivity contribution is 0.438. The van der Waals surface area contributed by atoms with Gasteiger partial charge in [0.05, 0.1) is 4.47 Å². The van der Waals surface area contributed by atoms with Gasteiger partial charge in [-0.2, -0.15) is 15.0 Å². The lowest BCUT2D eigenvalue weighted by atomic mass is 10.2. The molecular formula is C13H16BrN5O. The minimum Gasteiger partial charge on any atom is -0.423 e. The molecule has 6 nitrogen and oxygen atoms in total. The first-order valence-corrected chi connectivity index (χ1v) is 6.84. The molecule has 0 aliphatic carbocycles. The summed E-state index contributed by atoms with van der Waals surface area (Å²) in [6, 6.07) is 6.06. The second kappa shape index (κ2) is 6.04. The molecule has 0 saturated carbocycles. The molecule has 20 heavy (non-hydrogen) atoms. The van der Waals surface area contributed by atoms with Gasteiger partial charge < -0.3 is 15.0 Å². The van der Waals surface area contributed by atoms with E-state index >= 15 is 0 Å². The number of hydrogen-bond acceptors (Lipinski definition) is 6. The van der Waals surface area contributed by atoms with Gasteiger partial charge in [0.2, 0.25) is 11.9 Å². The van der Waals surface area contributed by atoms with E-state index in [2.05, 4.69) is 36.2 Å². The van der Waals surface area contributed by atoms with Crippen LogP contribution in [0.25, 0.3) is 0 Å². The number of hydrogen-bond donors (Lipinski definition) is 1. The van der Waals surface area contributed by atoms with Crippen molar-refractivity contribution in [2.24, 2.45) is 0 Å². The summed E-state index contributed by atoms with van der Waals surface area (Å²) in [5.41, 5.74) is 1.14. The van der Waals surface area contributed by atoms with E-state index in [4.69, 9.17) is 4.74 Å². The maximum Gasteiger partial charge on any atom is 0.328 e.